The van der Waals surface area contributed by atoms with Crippen LogP contribution in [-0.4, -0.2) is 15.8 Å². The highest BCUT2D eigenvalue weighted by atomic mass is 35.5. The molecule has 3 heteroatoms. The molecule has 1 fully saturated rings. The minimum atomic E-state index is -0.598. The van der Waals surface area contributed by atoms with E-state index in [1.807, 2.05) is 13.8 Å². The highest BCUT2D eigenvalue weighted by Gasteiger charge is 2.41. The number of phenolic OH excluding ortho intramolecular Hbond substituents is 1. The molecule has 0 spiro atoms. The average molecular weight is 227 g/mol. The molecule has 1 aliphatic carbocycles. The van der Waals surface area contributed by atoms with E-state index in [0.717, 1.165) is 29.5 Å². The van der Waals surface area contributed by atoms with Crippen LogP contribution in [0.15, 0.2) is 6.07 Å². The molecular weight excluding hydrogens is 212 g/mol. The Bertz CT molecular complexity index is 382. The van der Waals surface area contributed by atoms with E-state index in [-0.39, 0.29) is 5.75 Å². The zero-order chi connectivity index (χ0) is 11.2. The summed E-state index contributed by atoms with van der Waals surface area (Å²) in [6.07, 6.45) is 2.14. The molecule has 0 atom stereocenters. The second-order valence-corrected chi connectivity index (χ2v) is 4.94. The number of phenols is 1. The normalized spacial score (nSPS) is 17.9. The second kappa shape index (κ2) is 3.39. The average Bonchev–Trinajstić information content (AvgIpc) is 2.89. The molecule has 1 aromatic carbocycles. The molecule has 15 heavy (non-hydrogen) atoms. The first-order valence-corrected chi connectivity index (χ1v) is 5.51. The van der Waals surface area contributed by atoms with Gasteiger partial charge in [-0.05, 0) is 43.9 Å². The van der Waals surface area contributed by atoms with Gasteiger partial charge in [0.1, 0.15) is 5.75 Å². The van der Waals surface area contributed by atoms with Gasteiger partial charge in [0.15, 0.2) is 0 Å². The van der Waals surface area contributed by atoms with Crippen molar-refractivity contribution in [1.29, 1.82) is 0 Å². The van der Waals surface area contributed by atoms with Crippen molar-refractivity contribution < 1.29 is 10.2 Å². The van der Waals surface area contributed by atoms with E-state index in [9.17, 15) is 10.2 Å². The summed E-state index contributed by atoms with van der Waals surface area (Å²) in [6, 6.07) is 1.76. The summed E-state index contributed by atoms with van der Waals surface area (Å²) in [5.74, 6) is 0.125. The quantitative estimate of drug-likeness (QED) is 0.814. The highest BCUT2D eigenvalue weighted by molar-refractivity contribution is 6.32. The van der Waals surface area contributed by atoms with Gasteiger partial charge < -0.3 is 10.2 Å². The Labute approximate surface area is 94.5 Å². The Hall–Kier alpha value is -0.730. The molecule has 0 amide bonds. The highest BCUT2D eigenvalue weighted by Crippen LogP contribution is 2.42. The van der Waals surface area contributed by atoms with E-state index in [0.29, 0.717) is 11.4 Å². The third-order valence-electron chi connectivity index (χ3n) is 3.23. The van der Waals surface area contributed by atoms with E-state index < -0.39 is 5.60 Å². The summed E-state index contributed by atoms with van der Waals surface area (Å²) < 4.78 is 0. The molecule has 2 rings (SSSR count). The van der Waals surface area contributed by atoms with Crippen LogP contribution in [0.3, 0.4) is 0 Å². The molecule has 0 saturated heterocycles. The van der Waals surface area contributed by atoms with E-state index in [1.165, 1.54) is 0 Å². The van der Waals surface area contributed by atoms with Crippen molar-refractivity contribution in [2.24, 2.45) is 0 Å². The van der Waals surface area contributed by atoms with E-state index in [4.69, 9.17) is 11.6 Å². The van der Waals surface area contributed by atoms with Crippen LogP contribution >= 0.6 is 11.6 Å². The number of aliphatic hydroxyl groups is 1. The van der Waals surface area contributed by atoms with Crippen LogP contribution in [0.2, 0.25) is 5.02 Å². The van der Waals surface area contributed by atoms with Crippen molar-refractivity contribution in [3.63, 3.8) is 0 Å². The van der Waals surface area contributed by atoms with Gasteiger partial charge in [0, 0.05) is 12.0 Å². The van der Waals surface area contributed by atoms with Gasteiger partial charge in [-0.15, -0.1) is 0 Å². The zero-order valence-corrected chi connectivity index (χ0v) is 9.73. The van der Waals surface area contributed by atoms with Crippen molar-refractivity contribution in [3.05, 3.63) is 27.8 Å². The number of hydrogen-bond acceptors (Lipinski definition) is 2. The lowest BCUT2D eigenvalue weighted by Crippen LogP contribution is -2.12. The fraction of sp³-hybridized carbons (Fsp3) is 0.500. The van der Waals surface area contributed by atoms with Crippen LogP contribution in [0, 0.1) is 13.8 Å². The molecule has 0 unspecified atom stereocenters. The Morgan fingerprint density at radius 2 is 2.00 bits per heavy atom. The Balaban J connectivity index is 2.44. The summed E-state index contributed by atoms with van der Waals surface area (Å²) in [4.78, 5) is 0. The standard InChI is InChI=1S/C12H15ClO2/c1-7-5-10(13)11(14)9(8(7)2)6-12(15)3-4-12/h5,14-15H,3-4,6H2,1-2H3. The van der Waals surface area contributed by atoms with Gasteiger partial charge in [0.2, 0.25) is 0 Å². The summed E-state index contributed by atoms with van der Waals surface area (Å²) in [7, 11) is 0. The number of benzene rings is 1. The summed E-state index contributed by atoms with van der Waals surface area (Å²) in [6.45, 7) is 3.91. The van der Waals surface area contributed by atoms with Gasteiger partial charge in [-0.3, -0.25) is 0 Å². The van der Waals surface area contributed by atoms with Gasteiger partial charge in [-0.1, -0.05) is 11.6 Å². The number of aromatic hydroxyl groups is 1. The van der Waals surface area contributed by atoms with Crippen LogP contribution in [-0.2, 0) is 6.42 Å². The van der Waals surface area contributed by atoms with Crippen LogP contribution < -0.4 is 0 Å². The van der Waals surface area contributed by atoms with Crippen molar-refractivity contribution in [2.75, 3.05) is 0 Å². The molecule has 82 valence electrons. The molecule has 0 aliphatic heterocycles. The van der Waals surface area contributed by atoms with E-state index in [1.54, 1.807) is 6.07 Å². The fourth-order valence-electron chi connectivity index (χ4n) is 1.79. The van der Waals surface area contributed by atoms with Crippen LogP contribution in [0.25, 0.3) is 0 Å². The van der Waals surface area contributed by atoms with Gasteiger partial charge in [-0.2, -0.15) is 0 Å². The maximum Gasteiger partial charge on any atom is 0.137 e. The second-order valence-electron chi connectivity index (χ2n) is 4.53. The van der Waals surface area contributed by atoms with Crippen molar-refractivity contribution >= 4 is 11.6 Å². The Morgan fingerprint density at radius 1 is 1.40 bits per heavy atom. The molecule has 2 nitrogen and oxygen atoms in total. The third-order valence-corrected chi connectivity index (χ3v) is 3.52. The van der Waals surface area contributed by atoms with Crippen LogP contribution in [0.5, 0.6) is 5.75 Å². The van der Waals surface area contributed by atoms with Crippen LogP contribution in [0.1, 0.15) is 29.5 Å². The van der Waals surface area contributed by atoms with E-state index >= 15 is 0 Å². The Kier molecular flexibility index (Phi) is 2.44. The lowest BCUT2D eigenvalue weighted by atomic mass is 9.96. The lowest BCUT2D eigenvalue weighted by Gasteiger charge is -2.15. The molecule has 0 radical (unpaired) electrons. The molecule has 1 aliphatic rings. The predicted octanol–water partition coefficient (Wildman–Crippen LogP) is 2.73. The van der Waals surface area contributed by atoms with Gasteiger partial charge in [0.05, 0.1) is 10.6 Å². The minimum Gasteiger partial charge on any atom is -0.506 e. The largest absolute Gasteiger partial charge is 0.506 e. The van der Waals surface area contributed by atoms with Crippen molar-refractivity contribution in [3.8, 4) is 5.75 Å². The first-order valence-electron chi connectivity index (χ1n) is 5.13. The number of hydrogen-bond donors (Lipinski definition) is 2. The fourth-order valence-corrected chi connectivity index (χ4v) is 2.07. The maximum atomic E-state index is 9.86. The van der Waals surface area contributed by atoms with Gasteiger partial charge in [0.25, 0.3) is 0 Å². The first kappa shape index (κ1) is 10.8. The van der Waals surface area contributed by atoms with Crippen molar-refractivity contribution in [2.45, 2.75) is 38.7 Å². The summed E-state index contributed by atoms with van der Waals surface area (Å²) in [5, 5.41) is 20.1. The van der Waals surface area contributed by atoms with E-state index in [2.05, 4.69) is 0 Å². The molecular formula is C12H15ClO2. The first-order chi connectivity index (χ1) is 6.93. The predicted molar refractivity (Wildman–Crippen MR) is 60.5 cm³/mol. The Morgan fingerprint density at radius 3 is 2.53 bits per heavy atom. The molecule has 0 aromatic heterocycles. The minimum absolute atomic E-state index is 0.125. The van der Waals surface area contributed by atoms with Crippen molar-refractivity contribution in [1.82, 2.24) is 0 Å². The molecule has 0 bridgehead atoms. The summed E-state index contributed by atoms with van der Waals surface area (Å²) in [5.41, 5.74) is 2.27. The number of rotatable bonds is 2. The summed E-state index contributed by atoms with van der Waals surface area (Å²) >= 11 is 5.91. The molecule has 1 saturated carbocycles. The number of aryl methyl sites for hydroxylation is 1. The lowest BCUT2D eigenvalue weighted by molar-refractivity contribution is 0.149. The van der Waals surface area contributed by atoms with Crippen LogP contribution in [0.4, 0.5) is 0 Å². The molecule has 0 heterocycles. The third kappa shape index (κ3) is 1.97. The van der Waals surface area contributed by atoms with Gasteiger partial charge in [-0.25, -0.2) is 0 Å². The smallest absolute Gasteiger partial charge is 0.137 e. The zero-order valence-electron chi connectivity index (χ0n) is 8.97. The monoisotopic (exact) mass is 226 g/mol. The topological polar surface area (TPSA) is 40.5 Å². The number of halogens is 1. The van der Waals surface area contributed by atoms with Gasteiger partial charge >= 0.3 is 0 Å². The molecule has 2 N–H and O–H groups in total. The molecule has 1 aromatic rings. The maximum absolute atomic E-state index is 9.86. The SMILES string of the molecule is Cc1cc(Cl)c(O)c(CC2(O)CC2)c1C.